The number of ketones is 1. The highest BCUT2D eigenvalue weighted by Crippen LogP contribution is 2.14. The van der Waals surface area contributed by atoms with Crippen molar-refractivity contribution in [2.75, 3.05) is 19.6 Å². The summed E-state index contributed by atoms with van der Waals surface area (Å²) < 4.78 is 26.4. The van der Waals surface area contributed by atoms with Gasteiger partial charge in [-0.3, -0.25) is 14.5 Å². The first kappa shape index (κ1) is 15.6. The Balaban J connectivity index is 1.88. The number of piperidine rings is 1. The van der Waals surface area contributed by atoms with Crippen LogP contribution < -0.4 is 5.32 Å². The summed E-state index contributed by atoms with van der Waals surface area (Å²) in [5.74, 6) is -1.93. The van der Waals surface area contributed by atoms with Crippen LogP contribution >= 0.6 is 0 Å². The van der Waals surface area contributed by atoms with Crippen LogP contribution in [0.5, 0.6) is 0 Å². The smallest absolute Gasteiger partial charge is 0.217 e. The summed E-state index contributed by atoms with van der Waals surface area (Å²) >= 11 is 0. The van der Waals surface area contributed by atoms with Gasteiger partial charge in [-0.05, 0) is 25.0 Å². The summed E-state index contributed by atoms with van der Waals surface area (Å²) in [6, 6.07) is 3.11. The van der Waals surface area contributed by atoms with Crippen molar-refractivity contribution in [2.24, 2.45) is 0 Å². The van der Waals surface area contributed by atoms with E-state index in [0.717, 1.165) is 25.0 Å². The van der Waals surface area contributed by atoms with E-state index in [-0.39, 0.29) is 29.8 Å². The van der Waals surface area contributed by atoms with Crippen molar-refractivity contribution >= 4 is 11.7 Å². The molecule has 4 nitrogen and oxygen atoms in total. The number of halogens is 2. The van der Waals surface area contributed by atoms with E-state index in [1.54, 1.807) is 0 Å². The van der Waals surface area contributed by atoms with Crippen LogP contribution in [0.3, 0.4) is 0 Å². The minimum atomic E-state index is -0.826. The average Bonchev–Trinajstić information content (AvgIpc) is 2.40. The molecule has 6 heteroatoms. The monoisotopic (exact) mass is 296 g/mol. The fraction of sp³-hybridized carbons (Fsp3) is 0.467. The van der Waals surface area contributed by atoms with E-state index in [4.69, 9.17) is 0 Å². The molecule has 0 spiro atoms. The normalized spacial score (nSPS) is 16.7. The number of Topliss-reactive ketones (excluding diaryl/α,β-unsaturated/α-hetero) is 1. The Hall–Kier alpha value is -1.82. The number of nitrogens with zero attached hydrogens (tertiary/aromatic N) is 1. The molecule has 0 aliphatic carbocycles. The second-order valence-electron chi connectivity index (χ2n) is 5.30. The van der Waals surface area contributed by atoms with Gasteiger partial charge in [-0.15, -0.1) is 0 Å². The van der Waals surface area contributed by atoms with Crippen molar-refractivity contribution in [1.82, 2.24) is 10.2 Å². The predicted molar refractivity (Wildman–Crippen MR) is 74.0 cm³/mol. The van der Waals surface area contributed by atoms with Crippen molar-refractivity contribution in [2.45, 2.75) is 25.8 Å². The SMILES string of the molecule is CC(=O)NC1CCN(CC(=O)c2ccc(F)cc2F)CC1. The van der Waals surface area contributed by atoms with Gasteiger partial charge >= 0.3 is 0 Å². The lowest BCUT2D eigenvalue weighted by Crippen LogP contribution is -2.45. The van der Waals surface area contributed by atoms with E-state index in [1.807, 2.05) is 4.90 Å². The van der Waals surface area contributed by atoms with Gasteiger partial charge in [0.2, 0.25) is 5.91 Å². The zero-order chi connectivity index (χ0) is 15.4. The molecule has 21 heavy (non-hydrogen) atoms. The van der Waals surface area contributed by atoms with Crippen molar-refractivity contribution in [1.29, 1.82) is 0 Å². The highest BCUT2D eigenvalue weighted by Gasteiger charge is 2.22. The first-order valence-corrected chi connectivity index (χ1v) is 6.93. The second-order valence-corrected chi connectivity index (χ2v) is 5.30. The summed E-state index contributed by atoms with van der Waals surface area (Å²) in [6.07, 6.45) is 1.53. The van der Waals surface area contributed by atoms with Gasteiger partial charge in [0.1, 0.15) is 11.6 Å². The van der Waals surface area contributed by atoms with Crippen LogP contribution in [0.4, 0.5) is 8.78 Å². The summed E-state index contributed by atoms with van der Waals surface area (Å²) in [4.78, 5) is 24.9. The van der Waals surface area contributed by atoms with Gasteiger partial charge in [-0.2, -0.15) is 0 Å². The number of carbonyl (C=O) groups is 2. The first-order chi connectivity index (χ1) is 9.95. The summed E-state index contributed by atoms with van der Waals surface area (Å²) in [5, 5.41) is 2.85. The largest absolute Gasteiger partial charge is 0.354 e. The fourth-order valence-corrected chi connectivity index (χ4v) is 2.53. The topological polar surface area (TPSA) is 49.4 Å². The van der Waals surface area contributed by atoms with E-state index in [9.17, 15) is 18.4 Å². The molecule has 1 aromatic rings. The van der Waals surface area contributed by atoms with E-state index in [0.29, 0.717) is 13.1 Å². The molecule has 2 rings (SSSR count). The van der Waals surface area contributed by atoms with Crippen LogP contribution in [0.1, 0.15) is 30.1 Å². The third-order valence-corrected chi connectivity index (χ3v) is 3.59. The number of nitrogens with one attached hydrogen (secondary N) is 1. The molecule has 1 N–H and O–H groups in total. The fourth-order valence-electron chi connectivity index (χ4n) is 2.53. The van der Waals surface area contributed by atoms with Crippen LogP contribution in [-0.4, -0.2) is 42.3 Å². The molecule has 1 fully saturated rings. The van der Waals surface area contributed by atoms with E-state index >= 15 is 0 Å². The molecule has 1 aliphatic rings. The minimum Gasteiger partial charge on any atom is -0.354 e. The minimum absolute atomic E-state index is 0.0575. The maximum absolute atomic E-state index is 13.5. The van der Waals surface area contributed by atoms with Crippen LogP contribution in [0, 0.1) is 11.6 Å². The molecule has 0 atom stereocenters. The second kappa shape index (κ2) is 6.76. The van der Waals surface area contributed by atoms with Crippen molar-refractivity contribution in [3.63, 3.8) is 0 Å². The molecule has 1 aromatic carbocycles. The maximum atomic E-state index is 13.5. The third kappa shape index (κ3) is 4.32. The number of likely N-dealkylation sites (tertiary alicyclic amines) is 1. The van der Waals surface area contributed by atoms with Gasteiger partial charge in [0.05, 0.1) is 12.1 Å². The molecule has 1 heterocycles. The highest BCUT2D eigenvalue weighted by atomic mass is 19.1. The first-order valence-electron chi connectivity index (χ1n) is 6.93. The lowest BCUT2D eigenvalue weighted by Gasteiger charge is -2.31. The summed E-state index contributed by atoms with van der Waals surface area (Å²) in [6.45, 7) is 2.92. The Labute approximate surface area is 122 Å². The van der Waals surface area contributed by atoms with Gasteiger partial charge in [0, 0.05) is 32.1 Å². The predicted octanol–water partition coefficient (Wildman–Crippen LogP) is 1.75. The standard InChI is InChI=1S/C15H18F2N2O2/c1-10(20)18-12-4-6-19(7-5-12)9-15(21)13-3-2-11(16)8-14(13)17/h2-3,8,12H,4-7,9H2,1H3,(H,18,20). The van der Waals surface area contributed by atoms with Crippen LogP contribution in [0.2, 0.25) is 0 Å². The molecule has 114 valence electrons. The zero-order valence-corrected chi connectivity index (χ0v) is 11.9. The molecule has 0 saturated carbocycles. The zero-order valence-electron chi connectivity index (χ0n) is 11.9. The maximum Gasteiger partial charge on any atom is 0.217 e. The number of carbonyl (C=O) groups excluding carboxylic acids is 2. The van der Waals surface area contributed by atoms with Gasteiger partial charge in [0.25, 0.3) is 0 Å². The van der Waals surface area contributed by atoms with Gasteiger partial charge < -0.3 is 5.32 Å². The molecule has 0 aromatic heterocycles. The molecular formula is C15H18F2N2O2. The average molecular weight is 296 g/mol. The van der Waals surface area contributed by atoms with Crippen molar-refractivity contribution in [3.05, 3.63) is 35.4 Å². The van der Waals surface area contributed by atoms with Crippen molar-refractivity contribution < 1.29 is 18.4 Å². The molecule has 1 amide bonds. The Morgan fingerprint density at radius 3 is 2.52 bits per heavy atom. The Kier molecular flexibility index (Phi) is 5.01. The molecule has 0 unspecified atom stereocenters. The highest BCUT2D eigenvalue weighted by molar-refractivity contribution is 5.97. The Morgan fingerprint density at radius 2 is 1.95 bits per heavy atom. The van der Waals surface area contributed by atoms with E-state index in [1.165, 1.54) is 13.0 Å². The number of amides is 1. The molecule has 0 bridgehead atoms. The van der Waals surface area contributed by atoms with Gasteiger partial charge in [0.15, 0.2) is 5.78 Å². The lowest BCUT2D eigenvalue weighted by atomic mass is 10.0. The number of hydrogen-bond donors (Lipinski definition) is 1. The number of rotatable bonds is 4. The van der Waals surface area contributed by atoms with E-state index < -0.39 is 11.6 Å². The van der Waals surface area contributed by atoms with Crippen LogP contribution in [-0.2, 0) is 4.79 Å². The van der Waals surface area contributed by atoms with Gasteiger partial charge in [-0.1, -0.05) is 0 Å². The van der Waals surface area contributed by atoms with Crippen LogP contribution in [0.15, 0.2) is 18.2 Å². The molecule has 1 aliphatic heterocycles. The quantitative estimate of drug-likeness (QED) is 0.861. The molecule has 1 saturated heterocycles. The number of hydrogen-bond acceptors (Lipinski definition) is 3. The van der Waals surface area contributed by atoms with Gasteiger partial charge in [-0.25, -0.2) is 8.78 Å². The van der Waals surface area contributed by atoms with E-state index in [2.05, 4.69) is 5.32 Å². The van der Waals surface area contributed by atoms with Crippen molar-refractivity contribution in [3.8, 4) is 0 Å². The summed E-state index contributed by atoms with van der Waals surface area (Å²) in [7, 11) is 0. The molecule has 0 radical (unpaired) electrons. The molecular weight excluding hydrogens is 278 g/mol. The van der Waals surface area contributed by atoms with Crippen LogP contribution in [0.25, 0.3) is 0 Å². The third-order valence-electron chi connectivity index (χ3n) is 3.59. The summed E-state index contributed by atoms with van der Waals surface area (Å²) in [5.41, 5.74) is -0.0830. The Bertz CT molecular complexity index is 540. The number of benzene rings is 1. The lowest BCUT2D eigenvalue weighted by molar-refractivity contribution is -0.119. The Morgan fingerprint density at radius 1 is 1.29 bits per heavy atom.